The molecule has 1 fully saturated rings. The third kappa shape index (κ3) is 7.04. The van der Waals surface area contributed by atoms with Gasteiger partial charge >= 0.3 is 0 Å². The first-order valence-electron chi connectivity index (χ1n) is 12.4. The lowest BCUT2D eigenvalue weighted by atomic mass is 9.80. The number of ketones is 1. The summed E-state index contributed by atoms with van der Waals surface area (Å²) in [5.41, 5.74) is 2.31. The number of carbonyl (C=O) groups excluding carboxylic acids is 1. The van der Waals surface area contributed by atoms with Crippen LogP contribution in [0.2, 0.25) is 0 Å². The molecule has 7 heteroatoms. The zero-order valence-corrected chi connectivity index (χ0v) is 21.8. The predicted octanol–water partition coefficient (Wildman–Crippen LogP) is 4.05. The molecule has 35 heavy (non-hydrogen) atoms. The lowest BCUT2D eigenvalue weighted by Crippen LogP contribution is -2.52. The molecule has 1 heterocycles. The van der Waals surface area contributed by atoms with Gasteiger partial charge in [-0.1, -0.05) is 19.1 Å². The minimum absolute atomic E-state index is 0.138. The predicted molar refractivity (Wildman–Crippen MR) is 139 cm³/mol. The van der Waals surface area contributed by atoms with Crippen molar-refractivity contribution >= 4 is 11.5 Å². The van der Waals surface area contributed by atoms with Gasteiger partial charge in [-0.2, -0.15) is 0 Å². The van der Waals surface area contributed by atoms with Crippen molar-refractivity contribution in [3.8, 4) is 5.75 Å². The van der Waals surface area contributed by atoms with Crippen LogP contribution in [0.1, 0.15) is 36.2 Å². The van der Waals surface area contributed by atoms with Crippen molar-refractivity contribution in [2.24, 2.45) is 0 Å². The van der Waals surface area contributed by atoms with E-state index in [1.807, 2.05) is 57.4 Å². The van der Waals surface area contributed by atoms with Crippen molar-refractivity contribution in [2.45, 2.75) is 38.5 Å². The molecule has 1 saturated heterocycles. The maximum absolute atomic E-state index is 13.8. The molecule has 0 amide bonds. The molecular formula is C28H40N2O5. The molecule has 0 aliphatic carbocycles. The van der Waals surface area contributed by atoms with Crippen molar-refractivity contribution in [1.82, 2.24) is 4.90 Å². The minimum Gasteiger partial charge on any atom is -0.465 e. The number of rotatable bonds is 13. The van der Waals surface area contributed by atoms with E-state index in [1.165, 1.54) is 0 Å². The van der Waals surface area contributed by atoms with Crippen molar-refractivity contribution in [1.29, 1.82) is 0 Å². The number of Topliss-reactive ketones (excluding diaryl/α,β-unsaturated/α-hetero) is 1. The van der Waals surface area contributed by atoms with E-state index < -0.39 is 5.54 Å². The first kappa shape index (κ1) is 27.1. The summed E-state index contributed by atoms with van der Waals surface area (Å²) in [6, 6.07) is 15.9. The van der Waals surface area contributed by atoms with Gasteiger partial charge in [-0.05, 0) is 75.8 Å². The van der Waals surface area contributed by atoms with Crippen molar-refractivity contribution in [3.63, 3.8) is 0 Å². The molecule has 1 aliphatic heterocycles. The molecule has 0 aromatic heterocycles. The average molecular weight is 485 g/mol. The van der Waals surface area contributed by atoms with E-state index in [9.17, 15) is 4.79 Å². The van der Waals surface area contributed by atoms with E-state index in [1.54, 1.807) is 7.11 Å². The van der Waals surface area contributed by atoms with E-state index in [-0.39, 0.29) is 12.1 Å². The number of nitrogens with zero attached hydrogens (tertiary/aromatic N) is 2. The van der Waals surface area contributed by atoms with Crippen LogP contribution < -0.4 is 9.64 Å². The summed E-state index contributed by atoms with van der Waals surface area (Å²) >= 11 is 0. The standard InChI is InChI=1S/C28H40N2O5/c1-6-28(29(3)4,21-23-7-13-26(14-8-23)35-22(2)34-20-19-32-5)27(31)24-9-11-25(12-10-24)30-15-17-33-18-16-30/h7-14,22H,6,15-21H2,1-5H3. The second-order valence-corrected chi connectivity index (χ2v) is 9.12. The summed E-state index contributed by atoms with van der Waals surface area (Å²) in [7, 11) is 5.61. The van der Waals surface area contributed by atoms with E-state index in [0.29, 0.717) is 26.1 Å². The summed E-state index contributed by atoms with van der Waals surface area (Å²) in [6.07, 6.45) is 0.947. The molecular weight excluding hydrogens is 444 g/mol. The Morgan fingerprint density at radius 2 is 1.71 bits per heavy atom. The molecule has 0 spiro atoms. The van der Waals surface area contributed by atoms with E-state index in [2.05, 4.69) is 28.9 Å². The Morgan fingerprint density at radius 3 is 2.29 bits per heavy atom. The normalized spacial score (nSPS) is 16.7. The number of carbonyl (C=O) groups is 1. The van der Waals surface area contributed by atoms with Crippen LogP contribution >= 0.6 is 0 Å². The highest BCUT2D eigenvalue weighted by molar-refractivity contribution is 6.03. The topological polar surface area (TPSA) is 60.5 Å². The highest BCUT2D eigenvalue weighted by Gasteiger charge is 2.39. The Morgan fingerprint density at radius 1 is 1.06 bits per heavy atom. The van der Waals surface area contributed by atoms with Crippen LogP contribution in [0.5, 0.6) is 5.75 Å². The minimum atomic E-state index is -0.639. The van der Waals surface area contributed by atoms with Gasteiger partial charge < -0.3 is 23.8 Å². The summed E-state index contributed by atoms with van der Waals surface area (Å²) in [6.45, 7) is 8.18. The molecule has 1 aliphatic rings. The summed E-state index contributed by atoms with van der Waals surface area (Å²) in [5.74, 6) is 0.870. The highest BCUT2D eigenvalue weighted by Crippen LogP contribution is 2.29. The molecule has 192 valence electrons. The summed E-state index contributed by atoms with van der Waals surface area (Å²) in [4.78, 5) is 18.2. The first-order valence-corrected chi connectivity index (χ1v) is 12.4. The first-order chi connectivity index (χ1) is 16.9. The van der Waals surface area contributed by atoms with Crippen LogP contribution in [0, 0.1) is 0 Å². The number of ether oxygens (including phenoxy) is 4. The highest BCUT2D eigenvalue weighted by atomic mass is 16.7. The number of morpholine rings is 1. The van der Waals surface area contributed by atoms with Crippen molar-refractivity contribution < 1.29 is 23.7 Å². The molecule has 2 unspecified atom stereocenters. The number of anilines is 1. The number of hydrogen-bond acceptors (Lipinski definition) is 7. The largest absolute Gasteiger partial charge is 0.465 e. The Balaban J connectivity index is 1.71. The van der Waals surface area contributed by atoms with Crippen LogP contribution in [0.4, 0.5) is 5.69 Å². The maximum atomic E-state index is 13.8. The Hall–Kier alpha value is -2.45. The van der Waals surface area contributed by atoms with E-state index in [4.69, 9.17) is 18.9 Å². The number of methoxy groups -OCH3 is 1. The van der Waals surface area contributed by atoms with Gasteiger partial charge in [0, 0.05) is 31.5 Å². The van der Waals surface area contributed by atoms with Gasteiger partial charge in [0.05, 0.1) is 32.0 Å². The van der Waals surface area contributed by atoms with Crippen LogP contribution in [0.25, 0.3) is 0 Å². The van der Waals surface area contributed by atoms with E-state index >= 15 is 0 Å². The average Bonchev–Trinajstić information content (AvgIpc) is 2.88. The third-order valence-electron chi connectivity index (χ3n) is 6.73. The fraction of sp³-hybridized carbons (Fsp3) is 0.536. The fourth-order valence-electron chi connectivity index (χ4n) is 4.50. The second-order valence-electron chi connectivity index (χ2n) is 9.12. The number of benzene rings is 2. The lowest BCUT2D eigenvalue weighted by molar-refractivity contribution is -0.0796. The third-order valence-corrected chi connectivity index (χ3v) is 6.73. The summed E-state index contributed by atoms with van der Waals surface area (Å²) in [5, 5.41) is 0. The van der Waals surface area contributed by atoms with E-state index in [0.717, 1.165) is 48.9 Å². The maximum Gasteiger partial charge on any atom is 0.197 e. The fourth-order valence-corrected chi connectivity index (χ4v) is 4.50. The van der Waals surface area contributed by atoms with Crippen LogP contribution in [0.3, 0.4) is 0 Å². The Labute approximate surface area is 209 Å². The van der Waals surface area contributed by atoms with Gasteiger partial charge in [-0.15, -0.1) is 0 Å². The van der Waals surface area contributed by atoms with Gasteiger partial charge in [0.1, 0.15) is 5.75 Å². The molecule has 2 atom stereocenters. The smallest absolute Gasteiger partial charge is 0.197 e. The monoisotopic (exact) mass is 484 g/mol. The molecule has 2 aromatic rings. The van der Waals surface area contributed by atoms with Gasteiger partial charge in [0.15, 0.2) is 12.1 Å². The van der Waals surface area contributed by atoms with Crippen LogP contribution in [-0.2, 0) is 20.6 Å². The molecule has 3 rings (SSSR count). The Kier molecular flexibility index (Phi) is 10.1. The SMILES string of the molecule is CCC(Cc1ccc(OC(C)OCCOC)cc1)(C(=O)c1ccc(N2CCOCC2)cc1)N(C)C. The van der Waals surface area contributed by atoms with Crippen LogP contribution in [-0.4, -0.2) is 83.2 Å². The molecule has 0 saturated carbocycles. The zero-order chi connectivity index (χ0) is 25.3. The lowest BCUT2D eigenvalue weighted by Gasteiger charge is -2.38. The number of likely N-dealkylation sites (N-methyl/N-ethyl adjacent to an activating group) is 1. The van der Waals surface area contributed by atoms with Crippen LogP contribution in [0.15, 0.2) is 48.5 Å². The molecule has 7 nitrogen and oxygen atoms in total. The molecule has 2 aromatic carbocycles. The van der Waals surface area contributed by atoms with Gasteiger partial charge in [-0.3, -0.25) is 9.69 Å². The quantitative estimate of drug-likeness (QED) is 0.242. The Bertz CT molecular complexity index is 910. The van der Waals surface area contributed by atoms with Gasteiger partial charge in [0.2, 0.25) is 0 Å². The molecule has 0 radical (unpaired) electrons. The van der Waals surface area contributed by atoms with Gasteiger partial charge in [-0.25, -0.2) is 0 Å². The summed E-state index contributed by atoms with van der Waals surface area (Å²) < 4.78 is 21.8. The van der Waals surface area contributed by atoms with Crippen molar-refractivity contribution in [2.75, 3.05) is 65.6 Å². The van der Waals surface area contributed by atoms with Gasteiger partial charge in [0.25, 0.3) is 0 Å². The zero-order valence-electron chi connectivity index (χ0n) is 21.8. The molecule has 0 N–H and O–H groups in total. The number of hydrogen-bond donors (Lipinski definition) is 0. The second kappa shape index (κ2) is 13.0. The van der Waals surface area contributed by atoms with Crippen molar-refractivity contribution in [3.05, 3.63) is 59.7 Å². The molecule has 0 bridgehead atoms.